The fourth-order valence-electron chi connectivity index (χ4n) is 1.61. The lowest BCUT2D eigenvalue weighted by Gasteiger charge is -2.20. The maximum absolute atomic E-state index is 11.8. The van der Waals surface area contributed by atoms with Gasteiger partial charge < -0.3 is 19.9 Å². The number of amides is 1. The van der Waals surface area contributed by atoms with Crippen molar-refractivity contribution in [3.05, 3.63) is 16.3 Å². The van der Waals surface area contributed by atoms with Gasteiger partial charge in [0.15, 0.2) is 0 Å². The van der Waals surface area contributed by atoms with Crippen molar-refractivity contribution in [2.75, 3.05) is 26.9 Å². The van der Waals surface area contributed by atoms with Crippen LogP contribution in [0.15, 0.2) is 11.4 Å². The highest BCUT2D eigenvalue weighted by Gasteiger charge is 2.32. The maximum Gasteiger partial charge on any atom is 0.261 e. The minimum atomic E-state index is -0.920. The second-order valence-corrected chi connectivity index (χ2v) is 4.97. The molecule has 2 N–H and O–H groups in total. The molecule has 1 saturated heterocycles. The molecule has 17 heavy (non-hydrogen) atoms. The monoisotopic (exact) mass is 257 g/mol. The molecule has 0 spiro atoms. The summed E-state index contributed by atoms with van der Waals surface area (Å²) in [4.78, 5) is 12.3. The molecule has 1 aliphatic rings. The van der Waals surface area contributed by atoms with E-state index in [1.54, 1.807) is 18.6 Å². The molecule has 6 heteroatoms. The van der Waals surface area contributed by atoms with Crippen LogP contribution in [0.3, 0.4) is 0 Å². The van der Waals surface area contributed by atoms with Gasteiger partial charge in [-0.25, -0.2) is 0 Å². The Hall–Kier alpha value is -1.11. The Morgan fingerprint density at radius 1 is 1.76 bits per heavy atom. The van der Waals surface area contributed by atoms with Crippen LogP contribution in [0.5, 0.6) is 5.75 Å². The van der Waals surface area contributed by atoms with Crippen LogP contribution in [0.2, 0.25) is 0 Å². The van der Waals surface area contributed by atoms with Gasteiger partial charge in [0.1, 0.15) is 11.4 Å². The summed E-state index contributed by atoms with van der Waals surface area (Å²) >= 11 is 1.31. The molecule has 94 valence electrons. The van der Waals surface area contributed by atoms with Gasteiger partial charge >= 0.3 is 0 Å². The fraction of sp³-hybridized carbons (Fsp3) is 0.545. The van der Waals surface area contributed by atoms with E-state index in [1.807, 2.05) is 0 Å². The lowest BCUT2D eigenvalue weighted by molar-refractivity contribution is 0.0265. The van der Waals surface area contributed by atoms with Crippen LogP contribution in [0, 0.1) is 0 Å². The average Bonchev–Trinajstić information content (AvgIpc) is 2.95. The SMILES string of the molecule is COc1csc(C(=O)NCC2(O)CCOC2)c1. The van der Waals surface area contributed by atoms with E-state index in [0.717, 1.165) is 0 Å². The predicted octanol–water partition coefficient (Wildman–Crippen LogP) is 0.638. The third kappa shape index (κ3) is 2.96. The third-order valence-electron chi connectivity index (χ3n) is 2.70. The highest BCUT2D eigenvalue weighted by atomic mass is 32.1. The third-order valence-corrected chi connectivity index (χ3v) is 3.60. The second kappa shape index (κ2) is 5.03. The average molecular weight is 257 g/mol. The Morgan fingerprint density at radius 3 is 3.18 bits per heavy atom. The summed E-state index contributed by atoms with van der Waals surface area (Å²) in [6.07, 6.45) is 0.557. The van der Waals surface area contributed by atoms with Gasteiger partial charge in [-0.2, -0.15) is 0 Å². The number of thiophene rings is 1. The molecule has 1 fully saturated rings. The number of carbonyl (C=O) groups excluding carboxylic acids is 1. The minimum absolute atomic E-state index is 0.196. The van der Waals surface area contributed by atoms with Crippen LogP contribution >= 0.6 is 11.3 Å². The molecule has 2 rings (SSSR count). The second-order valence-electron chi connectivity index (χ2n) is 4.06. The van der Waals surface area contributed by atoms with Crippen molar-refractivity contribution in [3.8, 4) is 5.75 Å². The molecule has 1 atom stereocenters. The van der Waals surface area contributed by atoms with Crippen molar-refractivity contribution in [2.45, 2.75) is 12.0 Å². The summed E-state index contributed by atoms with van der Waals surface area (Å²) in [5.74, 6) is 0.474. The molecule has 0 bridgehead atoms. The normalized spacial score (nSPS) is 23.6. The van der Waals surface area contributed by atoms with E-state index in [9.17, 15) is 9.90 Å². The van der Waals surface area contributed by atoms with Gasteiger partial charge in [-0.3, -0.25) is 4.79 Å². The first-order valence-electron chi connectivity index (χ1n) is 5.34. The zero-order valence-corrected chi connectivity index (χ0v) is 10.4. The number of methoxy groups -OCH3 is 1. The van der Waals surface area contributed by atoms with Gasteiger partial charge in [0, 0.05) is 31.0 Å². The number of nitrogens with one attached hydrogen (secondary N) is 1. The molecule has 1 aliphatic heterocycles. The van der Waals surface area contributed by atoms with E-state index in [1.165, 1.54) is 11.3 Å². The Morgan fingerprint density at radius 2 is 2.59 bits per heavy atom. The molecule has 1 aromatic heterocycles. The van der Waals surface area contributed by atoms with Crippen LogP contribution in [-0.2, 0) is 4.74 Å². The first-order valence-corrected chi connectivity index (χ1v) is 6.22. The number of hydrogen-bond donors (Lipinski definition) is 2. The van der Waals surface area contributed by atoms with Crippen LogP contribution < -0.4 is 10.1 Å². The van der Waals surface area contributed by atoms with Gasteiger partial charge in [-0.1, -0.05) is 0 Å². The van der Waals surface area contributed by atoms with E-state index >= 15 is 0 Å². The van der Waals surface area contributed by atoms with Crippen LogP contribution in [0.25, 0.3) is 0 Å². The molecule has 1 unspecified atom stereocenters. The predicted molar refractivity (Wildman–Crippen MR) is 63.6 cm³/mol. The van der Waals surface area contributed by atoms with E-state index in [4.69, 9.17) is 9.47 Å². The number of aliphatic hydroxyl groups is 1. The number of carbonyl (C=O) groups is 1. The summed E-state index contributed by atoms with van der Waals surface area (Å²) in [7, 11) is 1.56. The van der Waals surface area contributed by atoms with E-state index < -0.39 is 5.60 Å². The van der Waals surface area contributed by atoms with Crippen molar-refractivity contribution in [1.29, 1.82) is 0 Å². The fourth-order valence-corrected chi connectivity index (χ4v) is 2.38. The van der Waals surface area contributed by atoms with E-state index in [-0.39, 0.29) is 19.1 Å². The summed E-state index contributed by atoms with van der Waals surface area (Å²) in [5.41, 5.74) is -0.920. The Balaban J connectivity index is 1.88. The highest BCUT2D eigenvalue weighted by Crippen LogP contribution is 2.21. The van der Waals surface area contributed by atoms with Gasteiger partial charge in [0.05, 0.1) is 18.6 Å². The van der Waals surface area contributed by atoms with Gasteiger partial charge in [0.25, 0.3) is 5.91 Å². The van der Waals surface area contributed by atoms with Crippen LogP contribution in [0.4, 0.5) is 0 Å². The molecule has 0 saturated carbocycles. The maximum atomic E-state index is 11.8. The molecule has 5 nitrogen and oxygen atoms in total. The zero-order valence-electron chi connectivity index (χ0n) is 9.56. The van der Waals surface area contributed by atoms with Crippen molar-refractivity contribution in [3.63, 3.8) is 0 Å². The molecule has 0 aliphatic carbocycles. The lowest BCUT2D eigenvalue weighted by Crippen LogP contribution is -2.43. The number of ether oxygens (including phenoxy) is 2. The Bertz CT molecular complexity index is 398. The summed E-state index contributed by atoms with van der Waals surface area (Å²) in [6.45, 7) is 1.03. The highest BCUT2D eigenvalue weighted by molar-refractivity contribution is 7.12. The van der Waals surface area contributed by atoms with Crippen molar-refractivity contribution < 1.29 is 19.4 Å². The molecule has 1 aromatic rings. The van der Waals surface area contributed by atoms with Crippen molar-refractivity contribution >= 4 is 17.2 Å². The number of rotatable bonds is 4. The molecule has 2 heterocycles. The van der Waals surface area contributed by atoms with E-state index in [2.05, 4.69) is 5.32 Å². The molecular formula is C11H15NO4S. The largest absolute Gasteiger partial charge is 0.496 e. The molecule has 0 aromatic carbocycles. The molecule has 1 amide bonds. The van der Waals surface area contributed by atoms with Gasteiger partial charge in [-0.05, 0) is 0 Å². The van der Waals surface area contributed by atoms with Gasteiger partial charge in [0.2, 0.25) is 0 Å². The molecule has 0 radical (unpaired) electrons. The van der Waals surface area contributed by atoms with Gasteiger partial charge in [-0.15, -0.1) is 11.3 Å². The van der Waals surface area contributed by atoms with Crippen LogP contribution in [-0.4, -0.2) is 43.5 Å². The Kier molecular flexibility index (Phi) is 3.66. The first-order chi connectivity index (χ1) is 8.13. The summed E-state index contributed by atoms with van der Waals surface area (Å²) in [6, 6.07) is 1.68. The first kappa shape index (κ1) is 12.3. The quantitative estimate of drug-likeness (QED) is 0.830. The van der Waals surface area contributed by atoms with E-state index in [0.29, 0.717) is 23.7 Å². The Labute approximate surface area is 103 Å². The topological polar surface area (TPSA) is 67.8 Å². The zero-order chi connectivity index (χ0) is 12.3. The van der Waals surface area contributed by atoms with Crippen LogP contribution in [0.1, 0.15) is 16.1 Å². The van der Waals surface area contributed by atoms with Crippen molar-refractivity contribution in [2.24, 2.45) is 0 Å². The van der Waals surface area contributed by atoms with Crippen molar-refractivity contribution in [1.82, 2.24) is 5.32 Å². The molecular weight excluding hydrogens is 242 g/mol. The smallest absolute Gasteiger partial charge is 0.261 e. The number of hydrogen-bond acceptors (Lipinski definition) is 5. The standard InChI is InChI=1S/C11H15NO4S/c1-15-8-4-9(17-5-8)10(13)12-6-11(14)2-3-16-7-11/h4-5,14H,2-3,6-7H2,1H3,(H,12,13). The minimum Gasteiger partial charge on any atom is -0.496 e. The lowest BCUT2D eigenvalue weighted by atomic mass is 10.0. The summed E-state index contributed by atoms with van der Waals surface area (Å²) in [5, 5.41) is 14.4. The summed E-state index contributed by atoms with van der Waals surface area (Å²) < 4.78 is 10.1.